The number of benzene rings is 2. The maximum atomic E-state index is 10.0. The summed E-state index contributed by atoms with van der Waals surface area (Å²) in [5.74, 6) is 0.739. The summed E-state index contributed by atoms with van der Waals surface area (Å²) >= 11 is 3.46. The van der Waals surface area contributed by atoms with Crippen molar-refractivity contribution in [2.45, 2.75) is 26.1 Å². The Balaban J connectivity index is 2.16. The molecule has 0 heterocycles. The molecule has 2 aromatic carbocycles. The van der Waals surface area contributed by atoms with E-state index < -0.39 is 5.60 Å². The van der Waals surface area contributed by atoms with Gasteiger partial charge in [-0.15, -0.1) is 0 Å². The first-order chi connectivity index (χ1) is 8.97. The molecule has 0 aromatic heterocycles. The van der Waals surface area contributed by atoms with E-state index in [-0.39, 0.29) is 0 Å². The lowest BCUT2D eigenvalue weighted by atomic mass is 9.98. The monoisotopic (exact) mass is 320 g/mol. The van der Waals surface area contributed by atoms with Crippen LogP contribution in [0.2, 0.25) is 0 Å². The quantitative estimate of drug-likeness (QED) is 0.912. The van der Waals surface area contributed by atoms with E-state index in [4.69, 9.17) is 4.74 Å². The largest absolute Gasteiger partial charge is 0.488 e. The average Bonchev–Trinajstić information content (AvgIpc) is 2.37. The highest BCUT2D eigenvalue weighted by atomic mass is 79.9. The van der Waals surface area contributed by atoms with E-state index in [1.165, 1.54) is 0 Å². The molecular weight excluding hydrogens is 304 g/mol. The smallest absolute Gasteiger partial charge is 0.134 e. The Morgan fingerprint density at radius 2 is 1.79 bits per heavy atom. The van der Waals surface area contributed by atoms with Gasteiger partial charge in [0.1, 0.15) is 12.4 Å². The summed E-state index contributed by atoms with van der Waals surface area (Å²) in [6, 6.07) is 15.7. The van der Waals surface area contributed by atoms with Crippen molar-refractivity contribution in [3.05, 3.63) is 64.1 Å². The molecule has 0 atom stereocenters. The zero-order chi connectivity index (χ0) is 13.9. The third-order valence-corrected chi connectivity index (χ3v) is 3.53. The maximum Gasteiger partial charge on any atom is 0.134 e. The minimum atomic E-state index is -0.869. The minimum Gasteiger partial charge on any atom is -0.488 e. The SMILES string of the molecule is CC(C)(O)c1ccc(Br)c(OCc2ccccc2)c1. The van der Waals surface area contributed by atoms with Gasteiger partial charge in [0.15, 0.2) is 0 Å². The Bertz CT molecular complexity index is 544. The highest BCUT2D eigenvalue weighted by Crippen LogP contribution is 2.31. The Labute approximate surface area is 122 Å². The second kappa shape index (κ2) is 5.76. The second-order valence-electron chi connectivity index (χ2n) is 4.98. The normalized spacial score (nSPS) is 11.4. The van der Waals surface area contributed by atoms with Crippen molar-refractivity contribution >= 4 is 15.9 Å². The van der Waals surface area contributed by atoms with Crippen LogP contribution < -0.4 is 4.74 Å². The van der Waals surface area contributed by atoms with Gasteiger partial charge in [0.2, 0.25) is 0 Å². The number of hydrogen-bond donors (Lipinski definition) is 1. The van der Waals surface area contributed by atoms with Gasteiger partial charge in [-0.05, 0) is 53.0 Å². The van der Waals surface area contributed by atoms with Gasteiger partial charge in [-0.1, -0.05) is 36.4 Å². The summed E-state index contributed by atoms with van der Waals surface area (Å²) in [7, 11) is 0. The van der Waals surface area contributed by atoms with Gasteiger partial charge in [-0.2, -0.15) is 0 Å². The van der Waals surface area contributed by atoms with Crippen molar-refractivity contribution in [1.82, 2.24) is 0 Å². The molecule has 2 nitrogen and oxygen atoms in total. The molecule has 0 radical (unpaired) electrons. The predicted molar refractivity (Wildman–Crippen MR) is 80.2 cm³/mol. The van der Waals surface area contributed by atoms with E-state index in [1.807, 2.05) is 48.5 Å². The Morgan fingerprint density at radius 1 is 1.11 bits per heavy atom. The van der Waals surface area contributed by atoms with Gasteiger partial charge >= 0.3 is 0 Å². The van der Waals surface area contributed by atoms with E-state index in [2.05, 4.69) is 15.9 Å². The Morgan fingerprint density at radius 3 is 2.42 bits per heavy atom. The zero-order valence-corrected chi connectivity index (χ0v) is 12.6. The number of ether oxygens (including phenoxy) is 1. The molecule has 3 heteroatoms. The maximum absolute atomic E-state index is 10.0. The first-order valence-electron chi connectivity index (χ1n) is 6.16. The van der Waals surface area contributed by atoms with Crippen LogP contribution in [0.25, 0.3) is 0 Å². The summed E-state index contributed by atoms with van der Waals surface area (Å²) in [6.45, 7) is 4.03. The highest BCUT2D eigenvalue weighted by molar-refractivity contribution is 9.10. The van der Waals surface area contributed by atoms with Gasteiger partial charge in [0.25, 0.3) is 0 Å². The molecule has 0 unspecified atom stereocenters. The molecule has 100 valence electrons. The van der Waals surface area contributed by atoms with Gasteiger partial charge in [0.05, 0.1) is 10.1 Å². The van der Waals surface area contributed by atoms with E-state index >= 15 is 0 Å². The molecule has 0 bridgehead atoms. The Hall–Kier alpha value is -1.32. The number of aliphatic hydroxyl groups is 1. The van der Waals surface area contributed by atoms with Crippen LogP contribution in [-0.4, -0.2) is 5.11 Å². The molecule has 0 saturated heterocycles. The molecule has 0 amide bonds. The van der Waals surface area contributed by atoms with Crippen LogP contribution in [0.1, 0.15) is 25.0 Å². The van der Waals surface area contributed by atoms with Crippen molar-refractivity contribution in [3.8, 4) is 5.75 Å². The molecule has 0 fully saturated rings. The summed E-state index contributed by atoms with van der Waals surface area (Å²) in [5.41, 5.74) is 1.08. The fraction of sp³-hybridized carbons (Fsp3) is 0.250. The van der Waals surface area contributed by atoms with Gasteiger partial charge in [-0.3, -0.25) is 0 Å². The number of hydrogen-bond acceptors (Lipinski definition) is 2. The van der Waals surface area contributed by atoms with E-state index in [1.54, 1.807) is 13.8 Å². The first kappa shape index (κ1) is 14.1. The van der Waals surface area contributed by atoms with Crippen LogP contribution in [0.3, 0.4) is 0 Å². The summed E-state index contributed by atoms with van der Waals surface area (Å²) in [5, 5.41) is 10.0. The lowest BCUT2D eigenvalue weighted by Gasteiger charge is -2.19. The first-order valence-corrected chi connectivity index (χ1v) is 6.95. The summed E-state index contributed by atoms with van der Waals surface area (Å²) in [6.07, 6.45) is 0. The molecule has 2 rings (SSSR count). The minimum absolute atomic E-state index is 0.509. The van der Waals surface area contributed by atoms with E-state index in [0.29, 0.717) is 6.61 Å². The Kier molecular flexibility index (Phi) is 4.27. The highest BCUT2D eigenvalue weighted by Gasteiger charge is 2.17. The molecule has 1 N–H and O–H groups in total. The number of halogens is 1. The zero-order valence-electron chi connectivity index (χ0n) is 11.1. The standard InChI is InChI=1S/C16H17BrO2/c1-16(2,18)13-8-9-14(17)15(10-13)19-11-12-6-4-3-5-7-12/h3-10,18H,11H2,1-2H3. The van der Waals surface area contributed by atoms with Gasteiger partial charge in [0, 0.05) is 0 Å². The van der Waals surface area contributed by atoms with Crippen LogP contribution in [0.5, 0.6) is 5.75 Å². The number of rotatable bonds is 4. The summed E-state index contributed by atoms with van der Waals surface area (Å²) in [4.78, 5) is 0. The lowest BCUT2D eigenvalue weighted by Crippen LogP contribution is -2.15. The fourth-order valence-corrected chi connectivity index (χ4v) is 2.09. The van der Waals surface area contributed by atoms with Crippen LogP contribution >= 0.6 is 15.9 Å². The van der Waals surface area contributed by atoms with E-state index in [0.717, 1.165) is 21.3 Å². The fourth-order valence-electron chi connectivity index (χ4n) is 1.73. The van der Waals surface area contributed by atoms with E-state index in [9.17, 15) is 5.11 Å². The van der Waals surface area contributed by atoms with Crippen LogP contribution in [0, 0.1) is 0 Å². The van der Waals surface area contributed by atoms with Crippen molar-refractivity contribution in [2.24, 2.45) is 0 Å². The van der Waals surface area contributed by atoms with Crippen LogP contribution in [0.4, 0.5) is 0 Å². The van der Waals surface area contributed by atoms with Gasteiger partial charge in [-0.25, -0.2) is 0 Å². The van der Waals surface area contributed by atoms with Crippen molar-refractivity contribution in [1.29, 1.82) is 0 Å². The molecule has 2 aromatic rings. The molecule has 0 aliphatic heterocycles. The third kappa shape index (κ3) is 3.82. The predicted octanol–water partition coefficient (Wildman–Crippen LogP) is 4.26. The van der Waals surface area contributed by atoms with Gasteiger partial charge < -0.3 is 9.84 Å². The molecule has 0 aliphatic rings. The topological polar surface area (TPSA) is 29.5 Å². The molecule has 19 heavy (non-hydrogen) atoms. The van der Waals surface area contributed by atoms with Crippen LogP contribution in [0.15, 0.2) is 53.0 Å². The molecular formula is C16H17BrO2. The second-order valence-corrected chi connectivity index (χ2v) is 5.83. The third-order valence-electron chi connectivity index (χ3n) is 2.87. The molecule has 0 aliphatic carbocycles. The molecule has 0 spiro atoms. The van der Waals surface area contributed by atoms with Crippen LogP contribution in [-0.2, 0) is 12.2 Å². The lowest BCUT2D eigenvalue weighted by molar-refractivity contribution is 0.0782. The van der Waals surface area contributed by atoms with Crippen molar-refractivity contribution in [3.63, 3.8) is 0 Å². The molecule has 0 saturated carbocycles. The van der Waals surface area contributed by atoms with Crippen molar-refractivity contribution in [2.75, 3.05) is 0 Å². The van der Waals surface area contributed by atoms with Crippen molar-refractivity contribution < 1.29 is 9.84 Å². The average molecular weight is 321 g/mol. The summed E-state index contributed by atoms with van der Waals surface area (Å²) < 4.78 is 6.69.